The van der Waals surface area contributed by atoms with Gasteiger partial charge in [0.05, 0.1) is 16.6 Å². The number of thiophene rings is 1. The van der Waals surface area contributed by atoms with Crippen molar-refractivity contribution in [2.45, 2.75) is 38.8 Å². The van der Waals surface area contributed by atoms with Crippen LogP contribution in [-0.4, -0.2) is 41.9 Å². The molecule has 0 spiro atoms. The van der Waals surface area contributed by atoms with Gasteiger partial charge in [-0.1, -0.05) is 0 Å². The average molecular weight is 407 g/mol. The zero-order valence-electron chi connectivity index (χ0n) is 15.8. The number of carbonyl (C=O) groups excluding carboxylic acids is 2. The van der Waals surface area contributed by atoms with Crippen LogP contribution in [-0.2, 0) is 4.79 Å². The van der Waals surface area contributed by atoms with Crippen LogP contribution < -0.4 is 10.6 Å². The van der Waals surface area contributed by atoms with Crippen LogP contribution in [0.15, 0.2) is 30.3 Å². The molecule has 0 bridgehead atoms. The minimum Gasteiger partial charge on any atom is -0.349 e. The van der Waals surface area contributed by atoms with Gasteiger partial charge in [0, 0.05) is 30.1 Å². The number of piperidine rings is 1. The molecule has 0 radical (unpaired) electrons. The first-order chi connectivity index (χ1) is 13.3. The van der Waals surface area contributed by atoms with E-state index in [-0.39, 0.29) is 23.5 Å². The molecule has 1 unspecified atom stereocenters. The van der Waals surface area contributed by atoms with Crippen LogP contribution in [0.5, 0.6) is 0 Å². The Bertz CT molecular complexity index is 863. The van der Waals surface area contributed by atoms with Gasteiger partial charge in [-0.25, -0.2) is 8.78 Å². The Balaban J connectivity index is 1.50. The molecule has 1 saturated heterocycles. The average Bonchev–Trinajstić information content (AvgIpc) is 3.11. The molecule has 0 saturated carbocycles. The first-order valence-corrected chi connectivity index (χ1v) is 10.0. The Morgan fingerprint density at radius 2 is 1.89 bits per heavy atom. The zero-order chi connectivity index (χ0) is 20.3. The van der Waals surface area contributed by atoms with Crippen molar-refractivity contribution in [2.24, 2.45) is 0 Å². The molecule has 1 fully saturated rings. The number of amides is 2. The maximum atomic E-state index is 13.7. The van der Waals surface area contributed by atoms with Gasteiger partial charge in [-0.05, 0) is 51.0 Å². The number of hydrogen-bond donors (Lipinski definition) is 2. The summed E-state index contributed by atoms with van der Waals surface area (Å²) in [5, 5.41) is 5.50. The quantitative estimate of drug-likeness (QED) is 0.797. The Kier molecular flexibility index (Phi) is 6.41. The van der Waals surface area contributed by atoms with Crippen molar-refractivity contribution >= 4 is 28.8 Å². The van der Waals surface area contributed by atoms with Crippen LogP contribution in [0.1, 0.15) is 34.3 Å². The van der Waals surface area contributed by atoms with E-state index in [4.69, 9.17) is 0 Å². The summed E-state index contributed by atoms with van der Waals surface area (Å²) in [5.41, 5.74) is -0.162. The molecular weight excluding hydrogens is 384 g/mol. The monoisotopic (exact) mass is 407 g/mol. The van der Waals surface area contributed by atoms with Crippen molar-refractivity contribution in [3.05, 3.63) is 51.7 Å². The van der Waals surface area contributed by atoms with Crippen molar-refractivity contribution in [1.29, 1.82) is 0 Å². The van der Waals surface area contributed by atoms with Crippen molar-refractivity contribution in [1.82, 2.24) is 10.2 Å². The molecule has 8 heteroatoms. The maximum Gasteiger partial charge on any atom is 0.261 e. The second-order valence-electron chi connectivity index (χ2n) is 6.98. The van der Waals surface area contributed by atoms with Crippen LogP contribution in [0.4, 0.5) is 14.5 Å². The molecule has 1 aromatic carbocycles. The number of likely N-dealkylation sites (tertiary alicyclic amines) is 1. The predicted molar refractivity (Wildman–Crippen MR) is 106 cm³/mol. The third-order valence-electron chi connectivity index (χ3n) is 4.94. The summed E-state index contributed by atoms with van der Waals surface area (Å²) in [6.45, 7) is 4.96. The van der Waals surface area contributed by atoms with Gasteiger partial charge in [-0.15, -0.1) is 11.3 Å². The van der Waals surface area contributed by atoms with Gasteiger partial charge >= 0.3 is 0 Å². The second kappa shape index (κ2) is 8.79. The van der Waals surface area contributed by atoms with Crippen molar-refractivity contribution in [3.63, 3.8) is 0 Å². The fraction of sp³-hybridized carbons (Fsp3) is 0.400. The molecule has 2 heterocycles. The third-order valence-corrected chi connectivity index (χ3v) is 5.94. The van der Waals surface area contributed by atoms with E-state index in [2.05, 4.69) is 10.6 Å². The zero-order valence-corrected chi connectivity index (χ0v) is 16.6. The molecule has 150 valence electrons. The summed E-state index contributed by atoms with van der Waals surface area (Å²) in [4.78, 5) is 28.4. The van der Waals surface area contributed by atoms with Gasteiger partial charge < -0.3 is 10.6 Å². The van der Waals surface area contributed by atoms with E-state index in [1.807, 2.05) is 24.0 Å². The maximum absolute atomic E-state index is 13.7. The van der Waals surface area contributed by atoms with Crippen LogP contribution in [0.2, 0.25) is 0 Å². The van der Waals surface area contributed by atoms with Crippen molar-refractivity contribution < 1.29 is 18.4 Å². The highest BCUT2D eigenvalue weighted by Crippen LogP contribution is 2.19. The van der Waals surface area contributed by atoms with Crippen LogP contribution in [0.25, 0.3) is 0 Å². The molecule has 1 atom stereocenters. The summed E-state index contributed by atoms with van der Waals surface area (Å²) in [5.74, 6) is -1.74. The molecule has 2 amide bonds. The number of nitrogens with zero attached hydrogens (tertiary/aromatic N) is 1. The lowest BCUT2D eigenvalue weighted by molar-refractivity contribution is -0.121. The van der Waals surface area contributed by atoms with E-state index in [9.17, 15) is 18.4 Å². The summed E-state index contributed by atoms with van der Waals surface area (Å²) in [6.07, 6.45) is 1.45. The summed E-state index contributed by atoms with van der Waals surface area (Å²) < 4.78 is 27.0. The third kappa shape index (κ3) is 4.94. The first-order valence-electron chi connectivity index (χ1n) is 9.21. The van der Waals surface area contributed by atoms with E-state index in [0.717, 1.165) is 35.9 Å². The summed E-state index contributed by atoms with van der Waals surface area (Å²) >= 11 is 1.46. The number of rotatable bonds is 5. The molecule has 3 rings (SSSR count). The van der Waals surface area contributed by atoms with E-state index < -0.39 is 17.7 Å². The molecule has 1 aromatic heterocycles. The predicted octanol–water partition coefficient (Wildman–Crippen LogP) is 3.56. The van der Waals surface area contributed by atoms with Crippen LogP contribution in [0.3, 0.4) is 0 Å². The lowest BCUT2D eigenvalue weighted by Crippen LogP contribution is -2.50. The number of benzene rings is 1. The van der Waals surface area contributed by atoms with E-state index >= 15 is 0 Å². The highest BCUT2D eigenvalue weighted by atomic mass is 32.1. The lowest BCUT2D eigenvalue weighted by Gasteiger charge is -2.35. The normalized spacial score (nSPS) is 16.6. The fourth-order valence-corrected chi connectivity index (χ4v) is 4.01. The SMILES string of the molecule is Cc1ccc(C(=O)NC2CCN(C(C)C(=O)Nc3cc(F)ccc3F)CC2)s1. The topological polar surface area (TPSA) is 61.4 Å². The number of anilines is 1. The first kappa shape index (κ1) is 20.4. The molecule has 2 aromatic rings. The van der Waals surface area contributed by atoms with Gasteiger partial charge in [0.2, 0.25) is 5.91 Å². The summed E-state index contributed by atoms with van der Waals surface area (Å²) in [6, 6.07) is 6.27. The number of carbonyl (C=O) groups is 2. The molecule has 1 aliphatic heterocycles. The van der Waals surface area contributed by atoms with Gasteiger partial charge in [0.15, 0.2) is 0 Å². The Labute approximate surface area is 166 Å². The van der Waals surface area contributed by atoms with Gasteiger partial charge in [-0.2, -0.15) is 0 Å². The number of aryl methyl sites for hydroxylation is 1. The highest BCUT2D eigenvalue weighted by molar-refractivity contribution is 7.13. The molecular formula is C20H23F2N3O2S. The van der Waals surface area contributed by atoms with Crippen molar-refractivity contribution in [3.8, 4) is 0 Å². The van der Waals surface area contributed by atoms with Gasteiger partial charge in [-0.3, -0.25) is 14.5 Å². The molecule has 2 N–H and O–H groups in total. The fourth-order valence-electron chi connectivity index (χ4n) is 3.24. The lowest BCUT2D eigenvalue weighted by atomic mass is 10.0. The van der Waals surface area contributed by atoms with Crippen molar-refractivity contribution in [2.75, 3.05) is 18.4 Å². The van der Waals surface area contributed by atoms with Crippen LogP contribution >= 0.6 is 11.3 Å². The highest BCUT2D eigenvalue weighted by Gasteiger charge is 2.28. The molecule has 28 heavy (non-hydrogen) atoms. The van der Waals surface area contributed by atoms with E-state index in [0.29, 0.717) is 18.0 Å². The van der Waals surface area contributed by atoms with E-state index in [1.165, 1.54) is 11.3 Å². The summed E-state index contributed by atoms with van der Waals surface area (Å²) in [7, 11) is 0. The Hall–Kier alpha value is -2.32. The molecule has 5 nitrogen and oxygen atoms in total. The largest absolute Gasteiger partial charge is 0.349 e. The minimum atomic E-state index is -0.674. The molecule has 0 aliphatic carbocycles. The standard InChI is InChI=1S/C20H23F2N3O2S/c1-12-3-6-18(28-12)20(27)23-15-7-9-25(10-8-15)13(2)19(26)24-17-11-14(21)4-5-16(17)22/h3-6,11,13,15H,7-10H2,1-2H3,(H,23,27)(H,24,26). The Morgan fingerprint density at radius 3 is 2.54 bits per heavy atom. The minimum absolute atomic E-state index is 0.0575. The number of halogens is 2. The Morgan fingerprint density at radius 1 is 1.18 bits per heavy atom. The molecule has 1 aliphatic rings. The van der Waals surface area contributed by atoms with Gasteiger partial charge in [0.25, 0.3) is 5.91 Å². The van der Waals surface area contributed by atoms with Crippen LogP contribution in [0, 0.1) is 18.6 Å². The van der Waals surface area contributed by atoms with Gasteiger partial charge in [0.1, 0.15) is 11.6 Å². The second-order valence-corrected chi connectivity index (χ2v) is 8.27. The number of nitrogens with one attached hydrogen (secondary N) is 2. The number of hydrogen-bond acceptors (Lipinski definition) is 4. The smallest absolute Gasteiger partial charge is 0.261 e. The van der Waals surface area contributed by atoms with E-state index in [1.54, 1.807) is 6.92 Å².